The second-order valence-corrected chi connectivity index (χ2v) is 4.93. The highest BCUT2D eigenvalue weighted by Crippen LogP contribution is 2.39. The Morgan fingerprint density at radius 1 is 1.20 bits per heavy atom. The van der Waals surface area contributed by atoms with Crippen LogP contribution in [0.25, 0.3) is 0 Å². The van der Waals surface area contributed by atoms with Crippen LogP contribution in [0.15, 0.2) is 24.3 Å². The molecule has 0 radical (unpaired) electrons. The zero-order valence-corrected chi connectivity index (χ0v) is 10.7. The van der Waals surface area contributed by atoms with Crippen LogP contribution in [0.4, 0.5) is 14.6 Å². The van der Waals surface area contributed by atoms with Gasteiger partial charge in [-0.2, -0.15) is 0 Å². The molecule has 1 aliphatic carbocycles. The van der Waals surface area contributed by atoms with Crippen LogP contribution < -0.4 is 11.3 Å². The molecule has 104 valence electrons. The van der Waals surface area contributed by atoms with Crippen molar-refractivity contribution in [2.75, 3.05) is 5.43 Å². The number of hydrogen-bond donors (Lipinski definition) is 2. The molecule has 0 unspecified atom stereocenters. The second kappa shape index (κ2) is 5.13. The van der Waals surface area contributed by atoms with Gasteiger partial charge in [0.15, 0.2) is 0 Å². The third-order valence-corrected chi connectivity index (χ3v) is 3.30. The summed E-state index contributed by atoms with van der Waals surface area (Å²) >= 11 is 0. The first-order valence-electron chi connectivity index (χ1n) is 6.44. The Morgan fingerprint density at radius 3 is 2.65 bits per heavy atom. The molecule has 0 atom stereocenters. The van der Waals surface area contributed by atoms with E-state index in [-0.39, 0.29) is 6.42 Å². The lowest BCUT2D eigenvalue weighted by Crippen LogP contribution is -2.12. The summed E-state index contributed by atoms with van der Waals surface area (Å²) in [6, 6.07) is 5.31. The van der Waals surface area contributed by atoms with Gasteiger partial charge in [0, 0.05) is 30.2 Å². The van der Waals surface area contributed by atoms with Gasteiger partial charge >= 0.3 is 0 Å². The van der Waals surface area contributed by atoms with E-state index in [9.17, 15) is 8.78 Å². The van der Waals surface area contributed by atoms with E-state index in [1.54, 1.807) is 0 Å². The molecule has 1 aromatic carbocycles. The normalized spacial score (nSPS) is 14.3. The summed E-state index contributed by atoms with van der Waals surface area (Å²) < 4.78 is 26.5. The van der Waals surface area contributed by atoms with Crippen LogP contribution >= 0.6 is 0 Å². The van der Waals surface area contributed by atoms with Gasteiger partial charge in [0.25, 0.3) is 0 Å². The lowest BCUT2D eigenvalue weighted by molar-refractivity contribution is 0.573. The van der Waals surface area contributed by atoms with Crippen LogP contribution in [0.5, 0.6) is 0 Å². The van der Waals surface area contributed by atoms with E-state index >= 15 is 0 Å². The van der Waals surface area contributed by atoms with Crippen molar-refractivity contribution >= 4 is 5.82 Å². The van der Waals surface area contributed by atoms with E-state index in [1.807, 2.05) is 6.07 Å². The molecule has 6 heteroatoms. The molecular formula is C14H14F2N4. The summed E-state index contributed by atoms with van der Waals surface area (Å²) in [4.78, 5) is 8.65. The van der Waals surface area contributed by atoms with E-state index in [2.05, 4.69) is 15.4 Å². The molecule has 0 amide bonds. The summed E-state index contributed by atoms with van der Waals surface area (Å²) in [6.07, 6.45) is 2.41. The van der Waals surface area contributed by atoms with Gasteiger partial charge in [-0.25, -0.2) is 24.6 Å². The number of hydrazine groups is 1. The highest BCUT2D eigenvalue weighted by molar-refractivity contribution is 5.37. The minimum Gasteiger partial charge on any atom is -0.308 e. The Labute approximate surface area is 115 Å². The number of rotatable bonds is 4. The predicted molar refractivity (Wildman–Crippen MR) is 71.0 cm³/mol. The first-order valence-corrected chi connectivity index (χ1v) is 6.44. The third kappa shape index (κ3) is 2.75. The van der Waals surface area contributed by atoms with Gasteiger partial charge < -0.3 is 5.43 Å². The molecule has 0 aliphatic heterocycles. The maximum Gasteiger partial charge on any atom is 0.143 e. The van der Waals surface area contributed by atoms with Crippen molar-refractivity contribution in [3.63, 3.8) is 0 Å². The molecule has 3 N–H and O–H groups in total. The van der Waals surface area contributed by atoms with Gasteiger partial charge in [0.2, 0.25) is 0 Å². The Bertz CT molecular complexity index is 641. The van der Waals surface area contributed by atoms with E-state index in [1.165, 1.54) is 12.1 Å². The number of nitrogens with two attached hydrogens (primary N) is 1. The standard InChI is InChI=1S/C14H14F2N4/c15-10-4-3-9(11(16)6-10)5-13-18-12(8-1-2-8)7-14(19-13)20-17/h3-4,6-8H,1-2,5,17H2,(H,18,19,20). The molecule has 1 saturated carbocycles. The molecule has 1 aliphatic rings. The van der Waals surface area contributed by atoms with Gasteiger partial charge in [0.1, 0.15) is 23.3 Å². The molecule has 1 fully saturated rings. The lowest BCUT2D eigenvalue weighted by atomic mass is 10.1. The average Bonchev–Trinajstić information content (AvgIpc) is 3.26. The first-order chi connectivity index (χ1) is 9.65. The Morgan fingerprint density at radius 2 is 2.00 bits per heavy atom. The summed E-state index contributed by atoms with van der Waals surface area (Å²) in [5.74, 6) is 5.64. The van der Waals surface area contributed by atoms with Gasteiger partial charge in [-0.15, -0.1) is 0 Å². The molecule has 20 heavy (non-hydrogen) atoms. The fraction of sp³-hybridized carbons (Fsp3) is 0.286. The fourth-order valence-electron chi connectivity index (χ4n) is 2.09. The summed E-state index contributed by atoms with van der Waals surface area (Å²) in [5.41, 5.74) is 3.78. The SMILES string of the molecule is NNc1cc(C2CC2)nc(Cc2ccc(F)cc2F)n1. The first kappa shape index (κ1) is 12.9. The van der Waals surface area contributed by atoms with Crippen molar-refractivity contribution in [1.29, 1.82) is 0 Å². The topological polar surface area (TPSA) is 63.8 Å². The van der Waals surface area contributed by atoms with Gasteiger partial charge in [0.05, 0.1) is 0 Å². The summed E-state index contributed by atoms with van der Waals surface area (Å²) in [6.45, 7) is 0. The van der Waals surface area contributed by atoms with Crippen molar-refractivity contribution in [3.8, 4) is 0 Å². The average molecular weight is 276 g/mol. The lowest BCUT2D eigenvalue weighted by Gasteiger charge is -2.08. The number of nitrogens with one attached hydrogen (secondary N) is 1. The molecule has 0 spiro atoms. The van der Waals surface area contributed by atoms with Crippen LogP contribution in [0.2, 0.25) is 0 Å². The van der Waals surface area contributed by atoms with Crippen LogP contribution in [0.3, 0.4) is 0 Å². The molecule has 4 nitrogen and oxygen atoms in total. The number of benzene rings is 1. The van der Waals surface area contributed by atoms with Crippen molar-refractivity contribution in [3.05, 3.63) is 53.0 Å². The highest BCUT2D eigenvalue weighted by atomic mass is 19.1. The Hall–Kier alpha value is -2.08. The number of nitrogen functional groups attached to an aromatic ring is 1. The Kier molecular flexibility index (Phi) is 3.31. The predicted octanol–water partition coefficient (Wildman–Crippen LogP) is 2.51. The van der Waals surface area contributed by atoms with Crippen molar-refractivity contribution in [2.45, 2.75) is 25.2 Å². The van der Waals surface area contributed by atoms with Crippen LogP contribution in [0, 0.1) is 11.6 Å². The maximum atomic E-state index is 13.7. The van der Waals surface area contributed by atoms with Crippen LogP contribution in [0.1, 0.15) is 35.8 Å². The van der Waals surface area contributed by atoms with Gasteiger partial charge in [-0.05, 0) is 24.5 Å². The second-order valence-electron chi connectivity index (χ2n) is 4.93. The monoisotopic (exact) mass is 276 g/mol. The molecule has 3 rings (SSSR count). The van der Waals surface area contributed by atoms with E-state index in [0.717, 1.165) is 24.6 Å². The zero-order chi connectivity index (χ0) is 14.1. The maximum absolute atomic E-state index is 13.7. The van der Waals surface area contributed by atoms with E-state index < -0.39 is 11.6 Å². The van der Waals surface area contributed by atoms with Crippen molar-refractivity contribution in [2.24, 2.45) is 5.84 Å². The highest BCUT2D eigenvalue weighted by Gasteiger charge is 2.26. The zero-order valence-electron chi connectivity index (χ0n) is 10.7. The molecule has 0 saturated heterocycles. The fourth-order valence-corrected chi connectivity index (χ4v) is 2.09. The smallest absolute Gasteiger partial charge is 0.143 e. The summed E-state index contributed by atoms with van der Waals surface area (Å²) in [5, 5.41) is 0. The number of hydrogen-bond acceptors (Lipinski definition) is 4. The van der Waals surface area contributed by atoms with Crippen molar-refractivity contribution < 1.29 is 8.78 Å². The molecule has 1 aromatic heterocycles. The Balaban J connectivity index is 1.91. The molecule has 0 bridgehead atoms. The molecular weight excluding hydrogens is 262 g/mol. The minimum atomic E-state index is -0.594. The van der Waals surface area contributed by atoms with Crippen LogP contribution in [-0.4, -0.2) is 9.97 Å². The van der Waals surface area contributed by atoms with Crippen LogP contribution in [-0.2, 0) is 6.42 Å². The largest absolute Gasteiger partial charge is 0.308 e. The number of nitrogens with zero attached hydrogens (tertiary/aromatic N) is 2. The quantitative estimate of drug-likeness (QED) is 0.665. The number of anilines is 1. The minimum absolute atomic E-state index is 0.210. The molecule has 2 aromatic rings. The van der Waals surface area contributed by atoms with Gasteiger partial charge in [-0.1, -0.05) is 6.07 Å². The number of halogens is 2. The third-order valence-electron chi connectivity index (χ3n) is 3.30. The van der Waals surface area contributed by atoms with Gasteiger partial charge in [-0.3, -0.25) is 0 Å². The van der Waals surface area contributed by atoms with Crippen molar-refractivity contribution in [1.82, 2.24) is 9.97 Å². The van der Waals surface area contributed by atoms with E-state index in [4.69, 9.17) is 5.84 Å². The summed E-state index contributed by atoms with van der Waals surface area (Å²) in [7, 11) is 0. The number of aromatic nitrogens is 2. The molecule has 1 heterocycles. The van der Waals surface area contributed by atoms with E-state index in [0.29, 0.717) is 23.1 Å².